The molecule has 0 unspecified atom stereocenters. The average Bonchev–Trinajstić information content (AvgIpc) is 3.75. The average molecular weight is 1110 g/mol. The van der Waals surface area contributed by atoms with Crippen LogP contribution in [0.4, 0.5) is 0 Å². The second-order valence-electron chi connectivity index (χ2n) is 20.2. The highest BCUT2D eigenvalue weighted by Gasteiger charge is 2.51. The smallest absolute Gasteiger partial charge is 0.494 e. The molecule has 13 rings (SSSR count). The van der Waals surface area contributed by atoms with Crippen LogP contribution >= 0.6 is 15.9 Å². The molecule has 1 aliphatic heterocycles. The van der Waals surface area contributed by atoms with Crippen molar-refractivity contribution in [1.82, 2.24) is 29.9 Å². The summed E-state index contributed by atoms with van der Waals surface area (Å²) in [5.74, 6) is 4.44. The molecule has 10 aromatic carbocycles. The van der Waals surface area contributed by atoms with Crippen LogP contribution in [0.25, 0.3) is 101 Å². The number of hydrogen-bond donors (Lipinski definition) is 2. The van der Waals surface area contributed by atoms with Crippen LogP contribution in [0.2, 0.25) is 0 Å². The maximum absolute atomic E-state index is 10.3. The van der Waals surface area contributed by atoms with Crippen molar-refractivity contribution in [2.75, 3.05) is 0 Å². The first-order valence-electron chi connectivity index (χ1n) is 26.2. The van der Waals surface area contributed by atoms with Crippen LogP contribution in [0.1, 0.15) is 27.7 Å². The quantitative estimate of drug-likeness (QED) is 0.142. The maximum atomic E-state index is 10.3. The number of hydrogen-bond acceptors (Lipinski definition) is 10. The van der Waals surface area contributed by atoms with E-state index in [1.54, 1.807) is 12.1 Å². The van der Waals surface area contributed by atoms with Crippen LogP contribution in [-0.4, -0.2) is 58.4 Å². The van der Waals surface area contributed by atoms with Crippen molar-refractivity contribution in [1.29, 1.82) is 0 Å². The second-order valence-corrected chi connectivity index (χ2v) is 21.0. The summed E-state index contributed by atoms with van der Waals surface area (Å²) in [7, 11) is -0.401. The molecule has 390 valence electrons. The van der Waals surface area contributed by atoms with E-state index in [2.05, 4.69) is 55.8 Å². The van der Waals surface area contributed by atoms with Gasteiger partial charge in [-0.25, -0.2) is 29.9 Å². The first-order chi connectivity index (χ1) is 38.9. The predicted molar refractivity (Wildman–Crippen MR) is 326 cm³/mol. The Morgan fingerprint density at radius 1 is 0.312 bits per heavy atom. The molecule has 0 bridgehead atoms. The normalized spacial score (nSPS) is 13.2. The Bertz CT molecular complexity index is 3930. The Hall–Kier alpha value is -9.20. The van der Waals surface area contributed by atoms with Gasteiger partial charge in [-0.2, -0.15) is 0 Å². The highest BCUT2D eigenvalue weighted by Crippen LogP contribution is 2.38. The van der Waals surface area contributed by atoms with E-state index in [9.17, 15) is 10.2 Å². The SMILES string of the molecule is CC1(C)OB(c2ccc(-c3nc(-c4ccccc4)nc(-c4ccccc4)n3)cc2)OC1(C)C.Oc1ccc(-c2ccc(-c3nc(-c4ccccc4)nc(-c4ccccc4)n3)cc2)c2ccccc12.Oc1ccc(Br)c2ccccc12. The van der Waals surface area contributed by atoms with Crippen molar-refractivity contribution < 1.29 is 19.5 Å². The van der Waals surface area contributed by atoms with Gasteiger partial charge in [-0.15, -0.1) is 0 Å². The summed E-state index contributed by atoms with van der Waals surface area (Å²) in [6, 6.07) is 79.0. The zero-order valence-corrected chi connectivity index (χ0v) is 46.0. The van der Waals surface area contributed by atoms with E-state index in [4.69, 9.17) is 39.2 Å². The minimum atomic E-state index is -0.401. The number of nitrogens with zero attached hydrogens (tertiary/aromatic N) is 6. The second kappa shape index (κ2) is 23.0. The van der Waals surface area contributed by atoms with Crippen LogP contribution in [0, 0.1) is 0 Å². The zero-order valence-electron chi connectivity index (χ0n) is 44.4. The summed E-state index contributed by atoms with van der Waals surface area (Å²) < 4.78 is 13.4. The third-order valence-electron chi connectivity index (χ3n) is 14.3. The van der Waals surface area contributed by atoms with E-state index < -0.39 is 7.12 Å². The summed E-state index contributed by atoms with van der Waals surface area (Å²) in [5.41, 5.74) is 7.96. The van der Waals surface area contributed by atoms with E-state index in [1.165, 1.54) is 0 Å². The van der Waals surface area contributed by atoms with Gasteiger partial charge in [0.1, 0.15) is 11.5 Å². The number of aromatic nitrogens is 6. The fourth-order valence-electron chi connectivity index (χ4n) is 9.22. The lowest BCUT2D eigenvalue weighted by atomic mass is 9.79. The van der Waals surface area contributed by atoms with Gasteiger partial charge in [0.2, 0.25) is 0 Å². The van der Waals surface area contributed by atoms with Gasteiger partial charge in [0.25, 0.3) is 0 Å². The number of aromatic hydroxyl groups is 2. The molecule has 0 radical (unpaired) electrons. The molecule has 12 aromatic rings. The van der Waals surface area contributed by atoms with E-state index in [-0.39, 0.29) is 17.0 Å². The molecule has 12 heteroatoms. The summed E-state index contributed by atoms with van der Waals surface area (Å²) in [5, 5.41) is 23.5. The molecule has 10 nitrogen and oxygen atoms in total. The maximum Gasteiger partial charge on any atom is 0.494 e. The molecule has 80 heavy (non-hydrogen) atoms. The van der Waals surface area contributed by atoms with E-state index in [0.29, 0.717) is 40.7 Å². The van der Waals surface area contributed by atoms with E-state index in [0.717, 1.165) is 76.0 Å². The summed E-state index contributed by atoms with van der Waals surface area (Å²) >= 11 is 3.42. The molecule has 1 saturated heterocycles. The topological polar surface area (TPSA) is 136 Å². The lowest BCUT2D eigenvalue weighted by Crippen LogP contribution is -2.41. The number of phenols is 2. The van der Waals surface area contributed by atoms with Gasteiger partial charge in [-0.05, 0) is 73.3 Å². The molecule has 1 aliphatic rings. The Balaban J connectivity index is 0.000000140. The number of fused-ring (bicyclic) bond motifs is 2. The molecule has 0 spiro atoms. The lowest BCUT2D eigenvalue weighted by molar-refractivity contribution is 0.00578. The highest BCUT2D eigenvalue weighted by atomic mass is 79.9. The third kappa shape index (κ3) is 11.5. The number of rotatable bonds is 8. The first kappa shape index (κ1) is 52.8. The van der Waals surface area contributed by atoms with Gasteiger partial charge in [0.05, 0.1) is 11.2 Å². The summed E-state index contributed by atoms with van der Waals surface area (Å²) in [6.07, 6.45) is 0. The standard InChI is InChI=1S/C31H21N3O.C27H26BN3O2.C10H7BrO/c35-28-20-19-25(26-13-7-8-14-27(26)28)21-15-17-24(18-16-21)31-33-29(22-9-3-1-4-10-22)32-30(34-31)23-11-5-2-6-12-23;1-26(2)27(3,4)33-28(32-26)22-17-15-21(16-18-22)25-30-23(19-11-7-5-8-12-19)29-24(31-25)20-13-9-6-10-14-20;11-9-5-6-10(12)8-4-2-1-3-7(8)9/h1-20,35H;5-18H,1-4H3;1-6,12H. The molecule has 0 amide bonds. The molecule has 1 fully saturated rings. The van der Waals surface area contributed by atoms with Gasteiger partial charge in [-0.3, -0.25) is 0 Å². The lowest BCUT2D eigenvalue weighted by Gasteiger charge is -2.32. The van der Waals surface area contributed by atoms with E-state index >= 15 is 0 Å². The number of halogens is 1. The molecule has 0 atom stereocenters. The summed E-state index contributed by atoms with van der Waals surface area (Å²) in [4.78, 5) is 28.7. The third-order valence-corrected chi connectivity index (χ3v) is 15.0. The summed E-state index contributed by atoms with van der Waals surface area (Å²) in [6.45, 7) is 8.23. The van der Waals surface area contributed by atoms with Crippen molar-refractivity contribution in [2.24, 2.45) is 0 Å². The van der Waals surface area contributed by atoms with Gasteiger partial charge in [0, 0.05) is 48.6 Å². The van der Waals surface area contributed by atoms with Crippen LogP contribution in [-0.2, 0) is 9.31 Å². The van der Waals surface area contributed by atoms with Gasteiger partial charge >= 0.3 is 7.12 Å². The Labute approximate surface area is 473 Å². The molecule has 2 aromatic heterocycles. The van der Waals surface area contributed by atoms with Gasteiger partial charge in [0.15, 0.2) is 34.9 Å². The van der Waals surface area contributed by atoms with Crippen molar-refractivity contribution in [3.63, 3.8) is 0 Å². The Morgan fingerprint density at radius 2 is 0.600 bits per heavy atom. The number of phenolic OH excluding ortho intramolecular Hbond substituents is 2. The fraction of sp³-hybridized carbons (Fsp3) is 0.0882. The van der Waals surface area contributed by atoms with Crippen LogP contribution < -0.4 is 5.46 Å². The predicted octanol–water partition coefficient (Wildman–Crippen LogP) is 15.9. The van der Waals surface area contributed by atoms with E-state index in [1.807, 2.05) is 218 Å². The number of benzene rings is 10. The molecule has 0 saturated carbocycles. The molecule has 0 aliphatic carbocycles. The minimum Gasteiger partial charge on any atom is -0.507 e. The molecule has 2 N–H and O–H groups in total. The largest absolute Gasteiger partial charge is 0.507 e. The van der Waals surface area contributed by atoms with Gasteiger partial charge in [-0.1, -0.05) is 240 Å². The van der Waals surface area contributed by atoms with Crippen LogP contribution in [0.5, 0.6) is 11.5 Å². The van der Waals surface area contributed by atoms with Crippen molar-refractivity contribution in [3.8, 4) is 91.0 Å². The highest BCUT2D eigenvalue weighted by molar-refractivity contribution is 9.10. The molecular formula is C68H54BBrN6O4. The zero-order chi connectivity index (χ0) is 55.2. The Morgan fingerprint density at radius 3 is 0.975 bits per heavy atom. The van der Waals surface area contributed by atoms with Crippen LogP contribution in [0.15, 0.2) is 247 Å². The minimum absolute atomic E-state index is 0.285. The van der Waals surface area contributed by atoms with Crippen molar-refractivity contribution >= 4 is 50.1 Å². The van der Waals surface area contributed by atoms with Crippen LogP contribution in [0.3, 0.4) is 0 Å². The van der Waals surface area contributed by atoms with Gasteiger partial charge < -0.3 is 19.5 Å². The Kier molecular flexibility index (Phi) is 15.2. The fourth-order valence-corrected chi connectivity index (χ4v) is 9.70. The molecule has 3 heterocycles. The first-order valence-corrected chi connectivity index (χ1v) is 27.0. The van der Waals surface area contributed by atoms with Crippen molar-refractivity contribution in [3.05, 3.63) is 247 Å². The van der Waals surface area contributed by atoms with Crippen molar-refractivity contribution in [2.45, 2.75) is 38.9 Å². The molecular weight excluding hydrogens is 1060 g/mol. The monoisotopic (exact) mass is 1110 g/mol.